The lowest BCUT2D eigenvalue weighted by Crippen LogP contribution is -2.19. The second kappa shape index (κ2) is 7.08. The van der Waals surface area contributed by atoms with Crippen molar-refractivity contribution in [1.29, 1.82) is 0 Å². The van der Waals surface area contributed by atoms with Gasteiger partial charge >= 0.3 is 0 Å². The molecule has 0 amide bonds. The van der Waals surface area contributed by atoms with E-state index in [1.165, 1.54) is 5.56 Å². The van der Waals surface area contributed by atoms with Crippen LogP contribution in [-0.4, -0.2) is 10.1 Å². The first kappa shape index (κ1) is 17.0. The summed E-state index contributed by atoms with van der Waals surface area (Å²) in [5.41, 5.74) is 4.88. The summed E-state index contributed by atoms with van der Waals surface area (Å²) in [5.74, 6) is 1.09. The fourth-order valence-corrected chi connectivity index (χ4v) is 3.41. The Bertz CT molecular complexity index is 1090. The number of aromatic hydroxyl groups is 1. The van der Waals surface area contributed by atoms with Crippen molar-refractivity contribution in [3.8, 4) is 5.75 Å². The molecule has 0 aliphatic heterocycles. The summed E-state index contributed by atoms with van der Waals surface area (Å²) in [7, 11) is 0. The lowest BCUT2D eigenvalue weighted by atomic mass is 9.92. The van der Waals surface area contributed by atoms with Gasteiger partial charge in [0, 0.05) is 28.8 Å². The molecule has 0 unspecified atom stereocenters. The monoisotopic (exact) mass is 356 g/mol. The number of rotatable bonds is 4. The Kier molecular flexibility index (Phi) is 4.47. The zero-order chi connectivity index (χ0) is 18.8. The highest BCUT2D eigenvalue weighted by Gasteiger charge is 2.25. The molecule has 0 bridgehead atoms. The molecule has 0 spiro atoms. The molecule has 4 aromatic rings. The van der Waals surface area contributed by atoms with E-state index >= 15 is 0 Å². The molecular weight excluding hydrogens is 334 g/mol. The Hall–Kier alpha value is -3.40. The van der Waals surface area contributed by atoms with E-state index in [1.54, 1.807) is 6.20 Å². The van der Waals surface area contributed by atoms with Crippen molar-refractivity contribution in [2.45, 2.75) is 19.9 Å². The van der Waals surface area contributed by atoms with E-state index in [2.05, 4.69) is 47.3 Å². The molecule has 3 N–H and O–H groups in total. The summed E-state index contributed by atoms with van der Waals surface area (Å²) in [6, 6.07) is 19.9. The predicted octanol–water partition coefficient (Wildman–Crippen LogP) is 4.57. The topological polar surface area (TPSA) is 59.3 Å². The number of nitrogens with one attached hydrogen (secondary N) is 2. The SMILES string of the molecule is Cc1ccc(C)c([C@H](Nc2cccc[nH+]2)c2ccc3cccnc3c2O)c1. The average Bonchev–Trinajstić information content (AvgIpc) is 2.70. The van der Waals surface area contributed by atoms with Gasteiger partial charge in [0.25, 0.3) is 5.82 Å². The van der Waals surface area contributed by atoms with Crippen LogP contribution in [0.15, 0.2) is 73.1 Å². The molecule has 4 heteroatoms. The van der Waals surface area contributed by atoms with Gasteiger partial charge in [-0.05, 0) is 37.6 Å². The van der Waals surface area contributed by atoms with Crippen LogP contribution >= 0.6 is 0 Å². The largest absolute Gasteiger partial charge is 0.505 e. The third-order valence-electron chi connectivity index (χ3n) is 4.84. The molecule has 1 atom stereocenters. The van der Waals surface area contributed by atoms with Crippen molar-refractivity contribution in [3.63, 3.8) is 0 Å². The first-order valence-electron chi connectivity index (χ1n) is 9.00. The highest BCUT2D eigenvalue weighted by Crippen LogP contribution is 2.37. The number of fused-ring (bicyclic) bond motifs is 1. The van der Waals surface area contributed by atoms with Gasteiger partial charge in [0.15, 0.2) is 0 Å². The lowest BCUT2D eigenvalue weighted by Gasteiger charge is -2.20. The number of nitrogens with zero attached hydrogens (tertiary/aromatic N) is 1. The summed E-state index contributed by atoms with van der Waals surface area (Å²) in [6.45, 7) is 4.17. The molecule has 0 fully saturated rings. The zero-order valence-electron chi connectivity index (χ0n) is 15.4. The Morgan fingerprint density at radius 2 is 1.85 bits per heavy atom. The number of hydrogen-bond donors (Lipinski definition) is 2. The predicted molar refractivity (Wildman–Crippen MR) is 108 cm³/mol. The van der Waals surface area contributed by atoms with Crippen molar-refractivity contribution in [3.05, 3.63) is 95.3 Å². The summed E-state index contributed by atoms with van der Waals surface area (Å²) >= 11 is 0. The summed E-state index contributed by atoms with van der Waals surface area (Å²) in [4.78, 5) is 7.60. The normalized spacial score (nSPS) is 12.1. The van der Waals surface area contributed by atoms with Crippen LogP contribution in [0.1, 0.15) is 28.3 Å². The summed E-state index contributed by atoms with van der Waals surface area (Å²) in [6.07, 6.45) is 3.58. The molecule has 0 radical (unpaired) electrons. The van der Waals surface area contributed by atoms with Crippen LogP contribution in [0, 0.1) is 13.8 Å². The Morgan fingerprint density at radius 3 is 2.67 bits per heavy atom. The van der Waals surface area contributed by atoms with E-state index in [-0.39, 0.29) is 11.8 Å². The molecule has 2 aromatic heterocycles. The van der Waals surface area contributed by atoms with Crippen LogP contribution in [-0.2, 0) is 0 Å². The second-order valence-corrected chi connectivity index (χ2v) is 6.79. The van der Waals surface area contributed by atoms with Gasteiger partial charge in [-0.2, -0.15) is 0 Å². The number of aromatic amines is 1. The van der Waals surface area contributed by atoms with E-state index in [0.717, 1.165) is 27.9 Å². The van der Waals surface area contributed by atoms with Gasteiger partial charge in [0.2, 0.25) is 0 Å². The van der Waals surface area contributed by atoms with Gasteiger partial charge in [-0.15, -0.1) is 0 Å². The molecular formula is C23H22N3O+. The van der Waals surface area contributed by atoms with E-state index in [0.29, 0.717) is 5.52 Å². The van der Waals surface area contributed by atoms with Crippen molar-refractivity contribution >= 4 is 16.7 Å². The smallest absolute Gasteiger partial charge is 0.272 e. The van der Waals surface area contributed by atoms with E-state index in [4.69, 9.17) is 0 Å². The van der Waals surface area contributed by atoms with Crippen LogP contribution in [0.5, 0.6) is 5.75 Å². The van der Waals surface area contributed by atoms with E-state index < -0.39 is 0 Å². The Labute approximate surface area is 158 Å². The van der Waals surface area contributed by atoms with Crippen molar-refractivity contribution < 1.29 is 10.1 Å². The molecule has 2 heterocycles. The molecule has 0 saturated heterocycles. The van der Waals surface area contributed by atoms with Crippen LogP contribution in [0.3, 0.4) is 0 Å². The number of H-pyrrole nitrogens is 1. The fourth-order valence-electron chi connectivity index (χ4n) is 3.41. The molecule has 0 saturated carbocycles. The molecule has 2 aromatic carbocycles. The molecule has 0 aliphatic rings. The first-order valence-corrected chi connectivity index (χ1v) is 9.00. The van der Waals surface area contributed by atoms with Gasteiger partial charge < -0.3 is 5.11 Å². The Balaban J connectivity index is 1.90. The van der Waals surface area contributed by atoms with Crippen LogP contribution in [0.25, 0.3) is 10.9 Å². The molecule has 0 aliphatic carbocycles. The fraction of sp³-hybridized carbons (Fsp3) is 0.130. The number of benzene rings is 2. The van der Waals surface area contributed by atoms with Crippen LogP contribution in [0.4, 0.5) is 5.82 Å². The third-order valence-corrected chi connectivity index (χ3v) is 4.84. The van der Waals surface area contributed by atoms with Crippen molar-refractivity contribution in [2.24, 2.45) is 0 Å². The van der Waals surface area contributed by atoms with E-state index in [1.807, 2.05) is 48.7 Å². The van der Waals surface area contributed by atoms with Crippen molar-refractivity contribution in [2.75, 3.05) is 5.32 Å². The van der Waals surface area contributed by atoms with Gasteiger partial charge in [0.1, 0.15) is 17.3 Å². The van der Waals surface area contributed by atoms with E-state index in [9.17, 15) is 5.11 Å². The van der Waals surface area contributed by atoms with Gasteiger partial charge in [0.05, 0.1) is 6.20 Å². The number of aryl methyl sites for hydroxylation is 2. The summed E-state index contributed by atoms with van der Waals surface area (Å²) in [5, 5.41) is 15.5. The maximum absolute atomic E-state index is 11.0. The van der Waals surface area contributed by atoms with Crippen LogP contribution < -0.4 is 10.3 Å². The van der Waals surface area contributed by atoms with Crippen molar-refractivity contribution in [1.82, 2.24) is 4.98 Å². The number of aromatic nitrogens is 2. The second-order valence-electron chi connectivity index (χ2n) is 6.79. The maximum Gasteiger partial charge on any atom is 0.272 e. The number of hydrogen-bond acceptors (Lipinski definition) is 3. The zero-order valence-corrected chi connectivity index (χ0v) is 15.4. The summed E-state index contributed by atoms with van der Waals surface area (Å²) < 4.78 is 0. The number of phenols is 1. The molecule has 4 rings (SSSR count). The number of phenolic OH excluding ortho intramolecular Hbond substituents is 1. The molecule has 4 nitrogen and oxygen atoms in total. The highest BCUT2D eigenvalue weighted by molar-refractivity contribution is 5.86. The van der Waals surface area contributed by atoms with Crippen LogP contribution in [0.2, 0.25) is 0 Å². The maximum atomic E-state index is 11.0. The minimum absolute atomic E-state index is 0.211. The average molecular weight is 356 g/mol. The molecule has 134 valence electrons. The third kappa shape index (κ3) is 3.34. The minimum Gasteiger partial charge on any atom is -0.505 e. The Morgan fingerprint density at radius 1 is 0.963 bits per heavy atom. The van der Waals surface area contributed by atoms with Gasteiger partial charge in [-0.3, -0.25) is 10.3 Å². The standard InChI is InChI=1S/C23H21N3O/c1-15-8-9-16(2)19(14-15)22(26-20-7-3-4-12-24-20)18-11-10-17-6-5-13-25-21(17)23(18)27/h3-14,22,27H,1-2H3,(H,24,26)/p+1/t22-/m1/s1. The minimum atomic E-state index is -0.213. The van der Waals surface area contributed by atoms with Gasteiger partial charge in [-0.1, -0.05) is 42.0 Å². The highest BCUT2D eigenvalue weighted by atomic mass is 16.3. The first-order chi connectivity index (χ1) is 13.1. The lowest BCUT2D eigenvalue weighted by molar-refractivity contribution is -0.361. The number of anilines is 1. The quantitative estimate of drug-likeness (QED) is 0.563. The molecule has 27 heavy (non-hydrogen) atoms. The number of pyridine rings is 2. The van der Waals surface area contributed by atoms with Gasteiger partial charge in [-0.25, -0.2) is 4.98 Å².